The first-order chi connectivity index (χ1) is 9.15. The molecule has 0 radical (unpaired) electrons. The van der Waals surface area contributed by atoms with Crippen molar-refractivity contribution in [3.63, 3.8) is 0 Å². The number of nitrogens with zero attached hydrogens (tertiary/aromatic N) is 2. The summed E-state index contributed by atoms with van der Waals surface area (Å²) in [5.74, 6) is 1.02. The zero-order valence-corrected chi connectivity index (χ0v) is 12.6. The van der Waals surface area contributed by atoms with E-state index in [1.165, 1.54) is 5.56 Å². The summed E-state index contributed by atoms with van der Waals surface area (Å²) in [6, 6.07) is 8.84. The zero-order chi connectivity index (χ0) is 13.7. The van der Waals surface area contributed by atoms with Gasteiger partial charge in [0.25, 0.3) is 0 Å². The number of anilines is 1. The number of hydrogen-bond donors (Lipinski definition) is 1. The average molecular weight is 275 g/mol. The molecule has 0 atom stereocenters. The van der Waals surface area contributed by atoms with Gasteiger partial charge in [-0.25, -0.2) is 4.98 Å². The second kappa shape index (κ2) is 6.68. The van der Waals surface area contributed by atoms with Crippen LogP contribution in [0.1, 0.15) is 25.1 Å². The predicted octanol–water partition coefficient (Wildman–Crippen LogP) is 3.28. The van der Waals surface area contributed by atoms with Crippen LogP contribution >= 0.6 is 11.3 Å². The van der Waals surface area contributed by atoms with Gasteiger partial charge in [0.1, 0.15) is 5.82 Å². The SMILES string of the molecule is CC(C)NCc1cccc(N(C)Cc2ccsc2)n1. The Labute approximate surface area is 119 Å². The molecule has 2 aromatic rings. The van der Waals surface area contributed by atoms with Crippen molar-refractivity contribution in [3.8, 4) is 0 Å². The third kappa shape index (κ3) is 4.33. The molecule has 19 heavy (non-hydrogen) atoms. The maximum atomic E-state index is 4.69. The largest absolute Gasteiger partial charge is 0.355 e. The Bertz CT molecular complexity index is 494. The lowest BCUT2D eigenvalue weighted by Crippen LogP contribution is -2.23. The van der Waals surface area contributed by atoms with Crippen LogP contribution in [0.5, 0.6) is 0 Å². The number of nitrogens with one attached hydrogen (secondary N) is 1. The van der Waals surface area contributed by atoms with E-state index in [0.717, 1.165) is 24.6 Å². The van der Waals surface area contributed by atoms with Gasteiger partial charge in [0, 0.05) is 26.2 Å². The molecule has 0 fully saturated rings. The monoisotopic (exact) mass is 275 g/mol. The smallest absolute Gasteiger partial charge is 0.128 e. The second-order valence-electron chi connectivity index (χ2n) is 5.01. The van der Waals surface area contributed by atoms with Crippen LogP contribution < -0.4 is 10.2 Å². The van der Waals surface area contributed by atoms with Gasteiger partial charge in [-0.3, -0.25) is 0 Å². The highest BCUT2D eigenvalue weighted by molar-refractivity contribution is 7.07. The molecule has 0 saturated carbocycles. The van der Waals surface area contributed by atoms with Crippen molar-refractivity contribution in [2.24, 2.45) is 0 Å². The lowest BCUT2D eigenvalue weighted by molar-refractivity contribution is 0.581. The molecule has 0 aliphatic heterocycles. The molecule has 0 aliphatic carbocycles. The molecule has 2 heterocycles. The third-order valence-electron chi connectivity index (χ3n) is 2.87. The number of aromatic nitrogens is 1. The Hall–Kier alpha value is -1.39. The van der Waals surface area contributed by atoms with E-state index in [1.54, 1.807) is 11.3 Å². The van der Waals surface area contributed by atoms with Gasteiger partial charge in [-0.05, 0) is 34.5 Å². The minimum Gasteiger partial charge on any atom is -0.355 e. The van der Waals surface area contributed by atoms with E-state index in [0.29, 0.717) is 6.04 Å². The molecule has 0 aliphatic rings. The number of rotatable bonds is 6. The van der Waals surface area contributed by atoms with Crippen LogP contribution in [-0.2, 0) is 13.1 Å². The van der Waals surface area contributed by atoms with E-state index < -0.39 is 0 Å². The van der Waals surface area contributed by atoms with Crippen LogP contribution in [0.15, 0.2) is 35.0 Å². The van der Waals surface area contributed by atoms with Gasteiger partial charge < -0.3 is 10.2 Å². The van der Waals surface area contributed by atoms with E-state index in [9.17, 15) is 0 Å². The Morgan fingerprint density at radius 3 is 2.84 bits per heavy atom. The summed E-state index contributed by atoms with van der Waals surface area (Å²) in [6.07, 6.45) is 0. The molecule has 2 aromatic heterocycles. The molecule has 3 nitrogen and oxygen atoms in total. The van der Waals surface area contributed by atoms with Gasteiger partial charge in [-0.2, -0.15) is 11.3 Å². The molecular weight excluding hydrogens is 254 g/mol. The minimum absolute atomic E-state index is 0.481. The highest BCUT2D eigenvalue weighted by Gasteiger charge is 2.05. The van der Waals surface area contributed by atoms with Crippen molar-refractivity contribution < 1.29 is 0 Å². The summed E-state index contributed by atoms with van der Waals surface area (Å²) >= 11 is 1.73. The van der Waals surface area contributed by atoms with Crippen LogP contribution in [0.2, 0.25) is 0 Å². The van der Waals surface area contributed by atoms with Gasteiger partial charge in [0.2, 0.25) is 0 Å². The number of pyridine rings is 1. The van der Waals surface area contributed by atoms with Crippen LogP contribution in [-0.4, -0.2) is 18.1 Å². The van der Waals surface area contributed by atoms with Crippen molar-refractivity contribution in [3.05, 3.63) is 46.3 Å². The van der Waals surface area contributed by atoms with E-state index in [1.807, 2.05) is 0 Å². The van der Waals surface area contributed by atoms with Gasteiger partial charge >= 0.3 is 0 Å². The standard InChI is InChI=1S/C15H21N3S/c1-12(2)16-9-14-5-4-6-15(17-14)18(3)10-13-7-8-19-11-13/h4-8,11-12,16H,9-10H2,1-3H3. The lowest BCUT2D eigenvalue weighted by Gasteiger charge is -2.18. The van der Waals surface area contributed by atoms with Crippen LogP contribution in [0, 0.1) is 0 Å². The van der Waals surface area contributed by atoms with Gasteiger partial charge in [-0.15, -0.1) is 0 Å². The minimum atomic E-state index is 0.481. The summed E-state index contributed by atoms with van der Waals surface area (Å²) in [7, 11) is 2.08. The number of hydrogen-bond acceptors (Lipinski definition) is 4. The Balaban J connectivity index is 2.01. The summed E-state index contributed by atoms with van der Waals surface area (Å²) in [4.78, 5) is 6.87. The first kappa shape index (κ1) is 14.0. The van der Waals surface area contributed by atoms with E-state index in [2.05, 4.69) is 66.1 Å². The van der Waals surface area contributed by atoms with Crippen molar-refractivity contribution in [1.29, 1.82) is 0 Å². The molecule has 102 valence electrons. The molecule has 1 N–H and O–H groups in total. The third-order valence-corrected chi connectivity index (χ3v) is 3.61. The topological polar surface area (TPSA) is 28.2 Å². The average Bonchev–Trinajstić information content (AvgIpc) is 2.89. The summed E-state index contributed by atoms with van der Waals surface area (Å²) < 4.78 is 0. The van der Waals surface area contributed by atoms with Crippen LogP contribution in [0.3, 0.4) is 0 Å². The summed E-state index contributed by atoms with van der Waals surface area (Å²) in [6.45, 7) is 6.01. The fourth-order valence-corrected chi connectivity index (χ4v) is 2.48. The summed E-state index contributed by atoms with van der Waals surface area (Å²) in [5, 5.41) is 7.69. The highest BCUT2D eigenvalue weighted by Crippen LogP contribution is 2.15. The molecule has 0 amide bonds. The first-order valence-corrected chi connectivity index (χ1v) is 7.51. The van der Waals surface area contributed by atoms with E-state index in [-0.39, 0.29) is 0 Å². The molecule has 0 spiro atoms. The quantitative estimate of drug-likeness (QED) is 0.877. The van der Waals surface area contributed by atoms with Crippen molar-refractivity contribution in [2.45, 2.75) is 33.0 Å². The van der Waals surface area contributed by atoms with E-state index >= 15 is 0 Å². The van der Waals surface area contributed by atoms with Crippen molar-refractivity contribution in [2.75, 3.05) is 11.9 Å². The van der Waals surface area contributed by atoms with Crippen molar-refractivity contribution in [1.82, 2.24) is 10.3 Å². The van der Waals surface area contributed by atoms with Gasteiger partial charge in [-0.1, -0.05) is 19.9 Å². The lowest BCUT2D eigenvalue weighted by atomic mass is 10.3. The fraction of sp³-hybridized carbons (Fsp3) is 0.400. The fourth-order valence-electron chi connectivity index (χ4n) is 1.82. The van der Waals surface area contributed by atoms with Crippen LogP contribution in [0.25, 0.3) is 0 Å². The zero-order valence-electron chi connectivity index (χ0n) is 11.8. The molecule has 0 saturated heterocycles. The Kier molecular flexibility index (Phi) is 4.93. The Morgan fingerprint density at radius 1 is 1.32 bits per heavy atom. The van der Waals surface area contributed by atoms with Crippen molar-refractivity contribution >= 4 is 17.2 Å². The van der Waals surface area contributed by atoms with Gasteiger partial charge in [0.15, 0.2) is 0 Å². The predicted molar refractivity (Wildman–Crippen MR) is 82.6 cm³/mol. The maximum Gasteiger partial charge on any atom is 0.128 e. The summed E-state index contributed by atoms with van der Waals surface area (Å²) in [5.41, 5.74) is 2.42. The molecular formula is C15H21N3S. The maximum absolute atomic E-state index is 4.69. The van der Waals surface area contributed by atoms with E-state index in [4.69, 9.17) is 4.98 Å². The highest BCUT2D eigenvalue weighted by atomic mass is 32.1. The molecule has 0 aromatic carbocycles. The molecule has 2 rings (SSSR count). The second-order valence-corrected chi connectivity index (χ2v) is 5.79. The number of thiophene rings is 1. The van der Waals surface area contributed by atoms with Gasteiger partial charge in [0.05, 0.1) is 5.69 Å². The molecule has 4 heteroatoms. The Morgan fingerprint density at radius 2 is 2.16 bits per heavy atom. The normalized spacial score (nSPS) is 10.9. The molecule has 0 unspecified atom stereocenters. The molecule has 0 bridgehead atoms. The van der Waals surface area contributed by atoms with Crippen LogP contribution in [0.4, 0.5) is 5.82 Å². The first-order valence-electron chi connectivity index (χ1n) is 6.56.